The van der Waals surface area contributed by atoms with Crippen molar-refractivity contribution in [1.82, 2.24) is 5.32 Å². The van der Waals surface area contributed by atoms with E-state index in [1.54, 1.807) is 12.1 Å². The molecule has 0 spiro atoms. The van der Waals surface area contributed by atoms with Gasteiger partial charge in [-0.25, -0.2) is 0 Å². The van der Waals surface area contributed by atoms with E-state index in [-0.39, 0.29) is 18.3 Å². The highest BCUT2D eigenvalue weighted by molar-refractivity contribution is 6.67. The number of carbonyl (C=O) groups is 3. The molecule has 4 fully saturated rings. The number of hydrogen-bond donors (Lipinski definition) is 2. The molecule has 0 aliphatic heterocycles. The maximum atomic E-state index is 12.3. The van der Waals surface area contributed by atoms with Crippen LogP contribution in [0.4, 0.5) is 0 Å². The number of amides is 1. The molecule has 0 radical (unpaired) electrons. The number of ether oxygens (including phenoxy) is 1. The predicted molar refractivity (Wildman–Crippen MR) is 276 cm³/mol. The van der Waals surface area contributed by atoms with E-state index in [0.717, 1.165) is 75.5 Å². The Balaban J connectivity index is 0.000000441. The molecule has 0 saturated heterocycles. The first kappa shape index (κ1) is 60.1. The number of benzene rings is 2. The number of nitriles is 1. The molecule has 368 valence electrons. The van der Waals surface area contributed by atoms with Crippen LogP contribution in [0.3, 0.4) is 0 Å². The number of ketones is 1. The zero-order valence-corrected chi connectivity index (χ0v) is 44.1. The van der Waals surface area contributed by atoms with E-state index >= 15 is 0 Å². The topological polar surface area (TPSA) is 122 Å². The fourth-order valence-electron chi connectivity index (χ4n) is 9.81. The van der Waals surface area contributed by atoms with Gasteiger partial charge in [0.05, 0.1) is 12.7 Å². The molecule has 4 aliphatic carbocycles. The summed E-state index contributed by atoms with van der Waals surface area (Å²) in [6, 6.07) is 17.0. The first-order valence-corrected chi connectivity index (χ1v) is 25.3. The van der Waals surface area contributed by atoms with Crippen molar-refractivity contribution in [1.29, 1.82) is 5.26 Å². The lowest BCUT2D eigenvalue weighted by Crippen LogP contribution is -2.33. The number of rotatable bonds is 11. The summed E-state index contributed by atoms with van der Waals surface area (Å²) in [6.07, 6.45) is 24.0. The van der Waals surface area contributed by atoms with E-state index in [2.05, 4.69) is 73.7 Å². The van der Waals surface area contributed by atoms with Crippen LogP contribution in [0.15, 0.2) is 48.5 Å². The van der Waals surface area contributed by atoms with Crippen molar-refractivity contribution in [2.45, 2.75) is 198 Å². The number of hydrogen-bond acceptors (Lipinski definition) is 6. The molecule has 3 atom stereocenters. The fraction of sp³-hybridized carbons (Fsp3) is 0.714. The number of aryl methyl sites for hydroxylation is 1. The molecule has 4 saturated carbocycles. The molecule has 7 nitrogen and oxygen atoms in total. The zero-order valence-electron chi connectivity index (χ0n) is 42.6. The van der Waals surface area contributed by atoms with Gasteiger partial charge in [0.25, 0.3) is 11.1 Å². The van der Waals surface area contributed by atoms with Crippen molar-refractivity contribution >= 4 is 40.9 Å². The van der Waals surface area contributed by atoms with Crippen molar-refractivity contribution in [2.75, 3.05) is 19.7 Å². The first-order chi connectivity index (χ1) is 30.1. The van der Waals surface area contributed by atoms with Crippen LogP contribution in [-0.2, 0) is 4.79 Å². The van der Waals surface area contributed by atoms with E-state index < -0.39 is 5.24 Å². The average Bonchev–Trinajstić information content (AvgIpc) is 3.22. The zero-order chi connectivity index (χ0) is 47.8. The number of unbranched alkanes of at least 4 members (excludes halogenated alkanes) is 3. The highest BCUT2D eigenvalue weighted by Crippen LogP contribution is 2.40. The van der Waals surface area contributed by atoms with E-state index in [0.29, 0.717) is 50.4 Å². The molecular formula is C56H91Cl2N3O4. The Morgan fingerprint density at radius 3 is 1.71 bits per heavy atom. The van der Waals surface area contributed by atoms with E-state index in [4.69, 9.17) is 27.3 Å². The van der Waals surface area contributed by atoms with Crippen LogP contribution in [-0.4, -0.2) is 36.6 Å². The standard InChI is InChI=1S/C22H35NO2.C9H19N.C9H15N.C8H7ClO.C8H14O.ClH/c1-4-5-6-7-15-25-20-12-10-19(11-13-20)21(24)23-17-18-9-8-14-22(2,3)16-18;2*1-9(2)5-3-4-8(6-9)7-10;1-6-2-4-7(5-3-6)8(9)10;1-8(2)5-3-4-7(9)6-8;/h10-13,18H,4-9,14-17H2,1-3H3,(H,23,24);8H,3-7,10H2,1-2H3;8H,3-6H2,1-2H3;2-5H,1H3;3-6H2,1-2H3;1H. The molecular weight excluding hydrogens is 850 g/mol. The number of nitrogens with one attached hydrogen (secondary N) is 1. The summed E-state index contributed by atoms with van der Waals surface area (Å²) in [5.41, 5.74) is 9.74. The smallest absolute Gasteiger partial charge is 0.252 e. The Labute approximate surface area is 408 Å². The third-order valence-electron chi connectivity index (χ3n) is 13.5. The van der Waals surface area contributed by atoms with Crippen molar-refractivity contribution in [2.24, 2.45) is 45.1 Å². The van der Waals surface area contributed by atoms with E-state index in [9.17, 15) is 14.4 Å². The molecule has 1 amide bonds. The second-order valence-electron chi connectivity index (χ2n) is 22.6. The van der Waals surface area contributed by atoms with Gasteiger partial charge in [0.1, 0.15) is 11.5 Å². The molecule has 0 aromatic heterocycles. The van der Waals surface area contributed by atoms with Crippen molar-refractivity contribution in [3.63, 3.8) is 0 Å². The summed E-state index contributed by atoms with van der Waals surface area (Å²) in [5, 5.41) is 11.4. The Bertz CT molecular complexity index is 1700. The monoisotopic (exact) mass is 940 g/mol. The minimum absolute atomic E-state index is 0. The molecule has 6 rings (SSSR count). The Hall–Kier alpha value is -2.92. The van der Waals surface area contributed by atoms with Crippen molar-refractivity contribution in [3.8, 4) is 11.8 Å². The van der Waals surface area contributed by atoms with Gasteiger partial charge in [-0.15, -0.1) is 12.4 Å². The van der Waals surface area contributed by atoms with Gasteiger partial charge in [-0.1, -0.05) is 119 Å². The van der Waals surface area contributed by atoms with E-state index in [1.807, 2.05) is 43.3 Å². The van der Waals surface area contributed by atoms with Crippen LogP contribution in [0.5, 0.6) is 5.75 Å². The highest BCUT2D eigenvalue weighted by atomic mass is 35.5. The minimum Gasteiger partial charge on any atom is -0.494 e. The molecule has 3 N–H and O–H groups in total. The van der Waals surface area contributed by atoms with Gasteiger partial charge in [-0.3, -0.25) is 14.4 Å². The minimum atomic E-state index is -0.403. The van der Waals surface area contributed by atoms with Gasteiger partial charge in [-0.05, 0) is 172 Å². The summed E-state index contributed by atoms with van der Waals surface area (Å²) < 4.78 is 5.73. The summed E-state index contributed by atoms with van der Waals surface area (Å²) in [7, 11) is 0. The maximum Gasteiger partial charge on any atom is 0.252 e. The molecule has 9 heteroatoms. The molecule has 2 aromatic rings. The van der Waals surface area contributed by atoms with Crippen LogP contribution >= 0.6 is 24.0 Å². The number of Topliss-reactive ketones (excluding diaryl/α,β-unsaturated/α-hetero) is 1. The van der Waals surface area contributed by atoms with Crippen molar-refractivity contribution < 1.29 is 19.1 Å². The predicted octanol–water partition coefficient (Wildman–Crippen LogP) is 15.4. The molecule has 2 aromatic carbocycles. The molecule has 0 heterocycles. The summed E-state index contributed by atoms with van der Waals surface area (Å²) in [5.74, 6) is 3.08. The number of nitrogens with two attached hydrogens (primary N) is 1. The van der Waals surface area contributed by atoms with Gasteiger partial charge in [0, 0.05) is 36.4 Å². The molecule has 3 unspecified atom stereocenters. The SMILES string of the molecule is CC1(C)CCCC(=O)C1.CC1(C)CCCC(C#N)C1.CC1(C)CCCC(CN)C1.CCCCCCOc1ccc(C(=O)NCC2CCCC(C)(C)C2)cc1.Cc1ccc(C(=O)Cl)cc1.Cl. The van der Waals surface area contributed by atoms with Gasteiger partial charge in [0.2, 0.25) is 0 Å². The van der Waals surface area contributed by atoms with Crippen LogP contribution < -0.4 is 15.8 Å². The van der Waals surface area contributed by atoms with Gasteiger partial charge in [-0.2, -0.15) is 5.26 Å². The quantitative estimate of drug-likeness (QED) is 0.171. The van der Waals surface area contributed by atoms with Gasteiger partial charge >= 0.3 is 0 Å². The second kappa shape index (κ2) is 30.5. The highest BCUT2D eigenvalue weighted by Gasteiger charge is 2.30. The van der Waals surface area contributed by atoms with Crippen molar-refractivity contribution in [3.05, 3.63) is 65.2 Å². The fourth-order valence-corrected chi connectivity index (χ4v) is 9.94. The normalized spacial score (nSPS) is 22.3. The summed E-state index contributed by atoms with van der Waals surface area (Å²) in [4.78, 5) is 33.7. The molecule has 0 bridgehead atoms. The third kappa shape index (κ3) is 26.9. The number of nitrogens with zero attached hydrogens (tertiary/aromatic N) is 1. The van der Waals surface area contributed by atoms with E-state index in [1.165, 1.54) is 89.9 Å². The Kier molecular flexibility index (Phi) is 28.2. The first-order valence-electron chi connectivity index (χ1n) is 25.0. The Morgan fingerprint density at radius 2 is 1.26 bits per heavy atom. The Morgan fingerprint density at radius 1 is 0.738 bits per heavy atom. The third-order valence-corrected chi connectivity index (χ3v) is 13.8. The molecule has 65 heavy (non-hydrogen) atoms. The molecule has 4 aliphatic rings. The number of carbonyl (C=O) groups excluding carboxylic acids is 3. The lowest BCUT2D eigenvalue weighted by Gasteiger charge is -2.35. The lowest BCUT2D eigenvalue weighted by molar-refractivity contribution is -0.123. The average molecular weight is 941 g/mol. The van der Waals surface area contributed by atoms with Gasteiger partial charge < -0.3 is 15.8 Å². The lowest BCUT2D eigenvalue weighted by atomic mass is 9.72. The summed E-state index contributed by atoms with van der Waals surface area (Å²) >= 11 is 5.22. The van der Waals surface area contributed by atoms with Crippen LogP contribution in [0.1, 0.15) is 217 Å². The summed E-state index contributed by atoms with van der Waals surface area (Å²) in [6.45, 7) is 24.8. The second-order valence-corrected chi connectivity index (χ2v) is 22.9. The number of halogens is 2. The van der Waals surface area contributed by atoms with Crippen LogP contribution in [0.25, 0.3) is 0 Å². The largest absolute Gasteiger partial charge is 0.494 e. The van der Waals surface area contributed by atoms with Crippen LogP contribution in [0, 0.1) is 57.7 Å². The maximum absolute atomic E-state index is 12.3. The van der Waals surface area contributed by atoms with Crippen LogP contribution in [0.2, 0.25) is 0 Å². The van der Waals surface area contributed by atoms with Gasteiger partial charge in [0.15, 0.2) is 0 Å².